The Kier molecular flexibility index (Phi) is 3.48. The highest BCUT2D eigenvalue weighted by Gasteiger charge is 2.11. The molecule has 86 valence electrons. The van der Waals surface area contributed by atoms with Gasteiger partial charge in [0.15, 0.2) is 5.82 Å². The molecule has 5 heteroatoms. The molecule has 0 saturated carbocycles. The van der Waals surface area contributed by atoms with Crippen molar-refractivity contribution in [2.45, 2.75) is 6.42 Å². The van der Waals surface area contributed by atoms with Crippen LogP contribution in [-0.4, -0.2) is 23.9 Å². The molecule has 0 atom stereocenters. The maximum Gasteiger partial charge on any atom is 0.259 e. The zero-order chi connectivity index (χ0) is 12.1. The molecule has 2 aromatic rings. The van der Waals surface area contributed by atoms with Crippen molar-refractivity contribution in [2.24, 2.45) is 0 Å². The highest BCUT2D eigenvalue weighted by Crippen LogP contribution is 2.21. The number of hydrogen-bond donors (Lipinski definition) is 0. The molecule has 0 fully saturated rings. The summed E-state index contributed by atoms with van der Waals surface area (Å²) in [5.74, 6) is 0.947. The predicted molar refractivity (Wildman–Crippen MR) is 60.0 cm³/mol. The number of ether oxygens (including phenoxy) is 1. The average molecular weight is 229 g/mol. The maximum absolute atomic E-state index is 8.97. The quantitative estimate of drug-likeness (QED) is 0.799. The molecule has 2 rings (SSSR count). The SMILES string of the molecule is COCCc1noc(-c2ccccc2C#N)n1. The first-order valence-corrected chi connectivity index (χ1v) is 5.16. The van der Waals surface area contributed by atoms with Crippen molar-refractivity contribution in [3.05, 3.63) is 35.7 Å². The third-order valence-electron chi connectivity index (χ3n) is 2.28. The van der Waals surface area contributed by atoms with E-state index in [1.165, 1.54) is 0 Å². The van der Waals surface area contributed by atoms with Crippen LogP contribution in [0, 0.1) is 11.3 Å². The summed E-state index contributed by atoms with van der Waals surface area (Å²) in [7, 11) is 1.62. The summed E-state index contributed by atoms with van der Waals surface area (Å²) >= 11 is 0. The van der Waals surface area contributed by atoms with Crippen LogP contribution in [0.1, 0.15) is 11.4 Å². The van der Waals surface area contributed by atoms with Crippen molar-refractivity contribution >= 4 is 0 Å². The molecule has 0 amide bonds. The lowest BCUT2D eigenvalue weighted by atomic mass is 10.1. The summed E-state index contributed by atoms with van der Waals surface area (Å²) in [6, 6.07) is 9.22. The Morgan fingerprint density at radius 1 is 1.41 bits per heavy atom. The smallest absolute Gasteiger partial charge is 0.259 e. The van der Waals surface area contributed by atoms with E-state index in [0.29, 0.717) is 35.9 Å². The van der Waals surface area contributed by atoms with E-state index in [0.717, 1.165) is 0 Å². The summed E-state index contributed by atoms with van der Waals surface area (Å²) in [5.41, 5.74) is 1.18. The van der Waals surface area contributed by atoms with E-state index in [1.807, 2.05) is 6.07 Å². The third kappa shape index (κ3) is 2.49. The van der Waals surface area contributed by atoms with E-state index in [-0.39, 0.29) is 0 Å². The minimum Gasteiger partial charge on any atom is -0.384 e. The van der Waals surface area contributed by atoms with Crippen LogP contribution < -0.4 is 0 Å². The maximum atomic E-state index is 8.97. The first kappa shape index (κ1) is 11.3. The molecule has 17 heavy (non-hydrogen) atoms. The van der Waals surface area contributed by atoms with Crippen LogP contribution in [0.4, 0.5) is 0 Å². The van der Waals surface area contributed by atoms with Gasteiger partial charge in [-0.2, -0.15) is 10.2 Å². The van der Waals surface area contributed by atoms with Crippen LogP contribution in [0.3, 0.4) is 0 Å². The van der Waals surface area contributed by atoms with Gasteiger partial charge in [-0.3, -0.25) is 0 Å². The lowest BCUT2D eigenvalue weighted by Crippen LogP contribution is -1.96. The Bertz CT molecular complexity index is 543. The molecule has 0 N–H and O–H groups in total. The van der Waals surface area contributed by atoms with E-state index >= 15 is 0 Å². The van der Waals surface area contributed by atoms with E-state index < -0.39 is 0 Å². The number of aromatic nitrogens is 2. The van der Waals surface area contributed by atoms with Gasteiger partial charge >= 0.3 is 0 Å². The van der Waals surface area contributed by atoms with Crippen LogP contribution in [0.2, 0.25) is 0 Å². The molecule has 0 radical (unpaired) electrons. The fourth-order valence-electron chi connectivity index (χ4n) is 1.43. The number of rotatable bonds is 4. The van der Waals surface area contributed by atoms with Gasteiger partial charge in [0, 0.05) is 13.5 Å². The van der Waals surface area contributed by atoms with Crippen LogP contribution in [0.5, 0.6) is 0 Å². The van der Waals surface area contributed by atoms with Crippen molar-refractivity contribution in [3.8, 4) is 17.5 Å². The van der Waals surface area contributed by atoms with Gasteiger partial charge in [-0.1, -0.05) is 17.3 Å². The van der Waals surface area contributed by atoms with E-state index in [9.17, 15) is 0 Å². The first-order valence-electron chi connectivity index (χ1n) is 5.16. The molecule has 1 aromatic heterocycles. The van der Waals surface area contributed by atoms with Gasteiger partial charge in [-0.05, 0) is 12.1 Å². The van der Waals surface area contributed by atoms with Crippen molar-refractivity contribution in [3.63, 3.8) is 0 Å². The van der Waals surface area contributed by atoms with E-state index in [2.05, 4.69) is 16.2 Å². The second-order valence-electron chi connectivity index (χ2n) is 3.42. The third-order valence-corrected chi connectivity index (χ3v) is 2.28. The number of methoxy groups -OCH3 is 1. The average Bonchev–Trinajstić information content (AvgIpc) is 2.85. The summed E-state index contributed by atoms with van der Waals surface area (Å²) in [5, 5.41) is 12.8. The zero-order valence-corrected chi connectivity index (χ0v) is 9.38. The lowest BCUT2D eigenvalue weighted by Gasteiger charge is -1.95. The second-order valence-corrected chi connectivity index (χ2v) is 3.42. The van der Waals surface area contributed by atoms with Gasteiger partial charge < -0.3 is 9.26 Å². The fourth-order valence-corrected chi connectivity index (χ4v) is 1.43. The van der Waals surface area contributed by atoms with Crippen molar-refractivity contribution in [1.82, 2.24) is 10.1 Å². The Hall–Kier alpha value is -2.19. The molecule has 0 unspecified atom stereocenters. The number of benzene rings is 1. The monoisotopic (exact) mass is 229 g/mol. The highest BCUT2D eigenvalue weighted by atomic mass is 16.5. The Morgan fingerprint density at radius 2 is 2.24 bits per heavy atom. The second kappa shape index (κ2) is 5.23. The van der Waals surface area contributed by atoms with E-state index in [4.69, 9.17) is 14.5 Å². The standard InChI is InChI=1S/C12H11N3O2/c1-16-7-6-11-14-12(17-15-11)10-5-3-2-4-9(10)8-13/h2-5H,6-7H2,1H3. The van der Waals surface area contributed by atoms with E-state index in [1.54, 1.807) is 25.3 Å². The van der Waals surface area contributed by atoms with Crippen LogP contribution in [0.25, 0.3) is 11.5 Å². The Morgan fingerprint density at radius 3 is 3.00 bits per heavy atom. The number of hydrogen-bond acceptors (Lipinski definition) is 5. The summed E-state index contributed by atoms with van der Waals surface area (Å²) in [6.07, 6.45) is 0.592. The molecular formula is C12H11N3O2. The minimum atomic E-state index is 0.369. The first-order chi connectivity index (χ1) is 8.35. The summed E-state index contributed by atoms with van der Waals surface area (Å²) < 4.78 is 10.1. The van der Waals surface area contributed by atoms with Gasteiger partial charge in [0.25, 0.3) is 5.89 Å². The van der Waals surface area contributed by atoms with Gasteiger partial charge in [-0.25, -0.2) is 0 Å². The van der Waals surface area contributed by atoms with Gasteiger partial charge in [0.1, 0.15) is 0 Å². The molecular weight excluding hydrogens is 218 g/mol. The van der Waals surface area contributed by atoms with Crippen LogP contribution >= 0.6 is 0 Å². The molecule has 0 saturated heterocycles. The van der Waals surface area contributed by atoms with Gasteiger partial charge in [0.05, 0.1) is 23.8 Å². The van der Waals surface area contributed by atoms with Crippen LogP contribution in [0.15, 0.2) is 28.8 Å². The Labute approximate surface area is 98.6 Å². The summed E-state index contributed by atoms with van der Waals surface area (Å²) in [4.78, 5) is 4.22. The molecule has 0 aliphatic rings. The largest absolute Gasteiger partial charge is 0.384 e. The predicted octanol–water partition coefficient (Wildman–Crippen LogP) is 1.80. The van der Waals surface area contributed by atoms with Gasteiger partial charge in [-0.15, -0.1) is 0 Å². The lowest BCUT2D eigenvalue weighted by molar-refractivity contribution is 0.199. The molecule has 0 aliphatic carbocycles. The number of nitrogens with zero attached hydrogens (tertiary/aromatic N) is 3. The topological polar surface area (TPSA) is 71.9 Å². The normalized spacial score (nSPS) is 10.1. The van der Waals surface area contributed by atoms with Gasteiger partial charge in [0.2, 0.25) is 0 Å². The molecule has 1 heterocycles. The fraction of sp³-hybridized carbons (Fsp3) is 0.250. The van der Waals surface area contributed by atoms with Crippen molar-refractivity contribution in [2.75, 3.05) is 13.7 Å². The number of nitriles is 1. The minimum absolute atomic E-state index is 0.369. The van der Waals surface area contributed by atoms with Crippen molar-refractivity contribution in [1.29, 1.82) is 5.26 Å². The highest BCUT2D eigenvalue weighted by molar-refractivity contribution is 5.62. The van der Waals surface area contributed by atoms with Crippen LogP contribution in [-0.2, 0) is 11.2 Å². The van der Waals surface area contributed by atoms with Crippen molar-refractivity contribution < 1.29 is 9.26 Å². The zero-order valence-electron chi connectivity index (χ0n) is 9.38. The Balaban J connectivity index is 2.28. The molecule has 1 aromatic carbocycles. The molecule has 5 nitrogen and oxygen atoms in total. The molecule has 0 aliphatic heterocycles. The molecule has 0 bridgehead atoms. The molecule has 0 spiro atoms. The summed E-state index contributed by atoms with van der Waals surface area (Å²) in [6.45, 7) is 0.541.